The van der Waals surface area contributed by atoms with Crippen LogP contribution in [0.4, 0.5) is 34.1 Å². The van der Waals surface area contributed by atoms with E-state index in [-0.39, 0.29) is 5.69 Å². The Labute approximate surface area is 205 Å². The summed E-state index contributed by atoms with van der Waals surface area (Å²) in [7, 11) is 3.08. The largest absolute Gasteiger partial charge is 0.495 e. The number of rotatable bonds is 7. The van der Waals surface area contributed by atoms with Gasteiger partial charge in [-0.1, -0.05) is 0 Å². The van der Waals surface area contributed by atoms with Gasteiger partial charge in [-0.3, -0.25) is 10.1 Å². The van der Waals surface area contributed by atoms with Crippen molar-refractivity contribution >= 4 is 34.1 Å². The standard InChI is InChI=1S/C10H17N3.C8H12N2O2.C6H6N2O2/c1-2-13(8-7-11)10-5-3-9(12)4-6-10;1-11-7-3-6(10)8(12-2)4-5(7)9;7-5-1-3-6(4-2-5)8(9)10/h3-6H,2,7-8,11-12H2,1H3;3-4H,9-10H2,1-2H3;1-4H,7H2. The normalized spacial score (nSPS) is 9.60. The molecule has 0 aliphatic rings. The molecule has 0 saturated carbocycles. The minimum absolute atomic E-state index is 0.0641. The zero-order chi connectivity index (χ0) is 26.4. The molecule has 3 aromatic rings. The number of nitrogens with zero attached hydrogens (tertiary/aromatic N) is 2. The molecule has 11 nitrogen and oxygen atoms in total. The average Bonchev–Trinajstić information content (AvgIpc) is 2.85. The molecule has 11 heteroatoms. The molecule has 0 aromatic heterocycles. The summed E-state index contributed by atoms with van der Waals surface area (Å²) in [6.45, 7) is 4.66. The van der Waals surface area contributed by atoms with E-state index >= 15 is 0 Å². The summed E-state index contributed by atoms with van der Waals surface area (Å²) in [5.41, 5.74) is 31.3. The summed E-state index contributed by atoms with van der Waals surface area (Å²) in [5, 5.41) is 10.1. The first-order valence-electron chi connectivity index (χ1n) is 10.7. The Morgan fingerprint density at radius 1 is 0.829 bits per heavy atom. The van der Waals surface area contributed by atoms with Gasteiger partial charge in [0, 0.05) is 61.0 Å². The summed E-state index contributed by atoms with van der Waals surface area (Å²) < 4.78 is 9.93. The molecule has 3 aromatic carbocycles. The summed E-state index contributed by atoms with van der Waals surface area (Å²) >= 11 is 0. The second-order valence-corrected chi connectivity index (χ2v) is 7.14. The molecule has 35 heavy (non-hydrogen) atoms. The predicted molar refractivity (Wildman–Crippen MR) is 144 cm³/mol. The number of nitrogen functional groups attached to an aromatic ring is 4. The lowest BCUT2D eigenvalue weighted by Crippen LogP contribution is -2.28. The van der Waals surface area contributed by atoms with Gasteiger partial charge in [-0.25, -0.2) is 0 Å². The maximum atomic E-state index is 10.1. The van der Waals surface area contributed by atoms with Crippen LogP contribution in [-0.2, 0) is 0 Å². The molecule has 0 bridgehead atoms. The molecule has 0 aliphatic heterocycles. The van der Waals surface area contributed by atoms with Gasteiger partial charge < -0.3 is 43.0 Å². The highest BCUT2D eigenvalue weighted by Crippen LogP contribution is 2.32. The monoisotopic (exact) mass is 485 g/mol. The Hall–Kier alpha value is -4.38. The molecule has 190 valence electrons. The number of hydrogen-bond donors (Lipinski definition) is 5. The van der Waals surface area contributed by atoms with Crippen molar-refractivity contribution < 1.29 is 14.4 Å². The molecule has 10 N–H and O–H groups in total. The molecule has 0 radical (unpaired) electrons. The predicted octanol–water partition coefficient (Wildman–Crippen LogP) is 3.10. The van der Waals surface area contributed by atoms with E-state index < -0.39 is 4.92 Å². The fourth-order valence-electron chi connectivity index (χ4n) is 2.85. The van der Waals surface area contributed by atoms with Crippen molar-refractivity contribution in [2.24, 2.45) is 5.73 Å². The van der Waals surface area contributed by atoms with Crippen LogP contribution in [0.3, 0.4) is 0 Å². The number of anilines is 5. The Bertz CT molecular complexity index is 1020. The first kappa shape index (κ1) is 28.7. The molecule has 0 heterocycles. The highest BCUT2D eigenvalue weighted by molar-refractivity contribution is 5.67. The highest BCUT2D eigenvalue weighted by Gasteiger charge is 2.05. The number of likely N-dealkylation sites (N-methyl/N-ethyl adjacent to an activating group) is 1. The fourth-order valence-corrected chi connectivity index (χ4v) is 2.85. The molecule has 0 amide bonds. The smallest absolute Gasteiger partial charge is 0.269 e. The maximum Gasteiger partial charge on any atom is 0.269 e. The molecular formula is C24H35N7O4. The van der Waals surface area contributed by atoms with Gasteiger partial charge in [0.15, 0.2) is 0 Å². The minimum atomic E-state index is -0.459. The number of hydrogen-bond acceptors (Lipinski definition) is 10. The van der Waals surface area contributed by atoms with Crippen LogP contribution in [0.1, 0.15) is 6.92 Å². The molecule has 0 saturated heterocycles. The Morgan fingerprint density at radius 3 is 1.60 bits per heavy atom. The Balaban J connectivity index is 0.000000265. The van der Waals surface area contributed by atoms with Crippen LogP contribution in [0, 0.1) is 10.1 Å². The van der Waals surface area contributed by atoms with Crippen LogP contribution >= 0.6 is 0 Å². The van der Waals surface area contributed by atoms with Crippen LogP contribution < -0.4 is 43.0 Å². The number of ether oxygens (including phenoxy) is 2. The van der Waals surface area contributed by atoms with Crippen molar-refractivity contribution in [2.75, 3.05) is 61.7 Å². The van der Waals surface area contributed by atoms with Crippen molar-refractivity contribution in [3.63, 3.8) is 0 Å². The van der Waals surface area contributed by atoms with Crippen LogP contribution in [0.2, 0.25) is 0 Å². The van der Waals surface area contributed by atoms with E-state index in [4.69, 9.17) is 38.1 Å². The van der Waals surface area contributed by atoms with E-state index in [0.29, 0.717) is 35.1 Å². The minimum Gasteiger partial charge on any atom is -0.495 e. The number of methoxy groups -OCH3 is 2. The lowest BCUT2D eigenvalue weighted by atomic mass is 10.2. The van der Waals surface area contributed by atoms with Crippen LogP contribution in [0.25, 0.3) is 0 Å². The molecule has 0 spiro atoms. The molecule has 0 fully saturated rings. The van der Waals surface area contributed by atoms with E-state index in [1.165, 1.54) is 44.2 Å². The number of benzene rings is 3. The molecule has 0 unspecified atom stereocenters. The molecule has 3 rings (SSSR count). The second kappa shape index (κ2) is 14.7. The van der Waals surface area contributed by atoms with Gasteiger partial charge in [0.2, 0.25) is 0 Å². The van der Waals surface area contributed by atoms with Gasteiger partial charge in [-0.2, -0.15) is 0 Å². The van der Waals surface area contributed by atoms with Crippen molar-refractivity contribution in [3.8, 4) is 11.5 Å². The van der Waals surface area contributed by atoms with Crippen LogP contribution in [0.15, 0.2) is 60.7 Å². The summed E-state index contributed by atoms with van der Waals surface area (Å²) in [5.74, 6) is 1.13. The summed E-state index contributed by atoms with van der Waals surface area (Å²) in [4.78, 5) is 11.8. The Kier molecular flexibility index (Phi) is 12.0. The van der Waals surface area contributed by atoms with E-state index in [1.807, 2.05) is 24.3 Å². The number of non-ortho nitro benzene ring substituents is 1. The summed E-state index contributed by atoms with van der Waals surface area (Å²) in [6.07, 6.45) is 0. The third kappa shape index (κ3) is 9.56. The molecular weight excluding hydrogens is 450 g/mol. The Morgan fingerprint density at radius 2 is 1.26 bits per heavy atom. The zero-order valence-corrected chi connectivity index (χ0v) is 20.3. The van der Waals surface area contributed by atoms with Crippen LogP contribution in [-0.4, -0.2) is 38.8 Å². The fraction of sp³-hybridized carbons (Fsp3) is 0.250. The lowest BCUT2D eigenvalue weighted by Gasteiger charge is -2.22. The van der Waals surface area contributed by atoms with E-state index in [0.717, 1.165) is 18.8 Å². The third-order valence-corrected chi connectivity index (χ3v) is 4.72. The van der Waals surface area contributed by atoms with Crippen molar-refractivity contribution in [3.05, 3.63) is 70.8 Å². The topological polar surface area (TPSA) is 195 Å². The molecule has 0 aliphatic carbocycles. The van der Waals surface area contributed by atoms with Gasteiger partial charge in [0.25, 0.3) is 5.69 Å². The van der Waals surface area contributed by atoms with Gasteiger partial charge in [-0.15, -0.1) is 0 Å². The van der Waals surface area contributed by atoms with Gasteiger partial charge in [0.05, 0.1) is 30.5 Å². The number of nitro benzene ring substituents is 1. The average molecular weight is 486 g/mol. The number of nitrogens with two attached hydrogens (primary N) is 5. The summed E-state index contributed by atoms with van der Waals surface area (Å²) in [6, 6.07) is 16.9. The maximum absolute atomic E-state index is 10.1. The van der Waals surface area contributed by atoms with Crippen LogP contribution in [0.5, 0.6) is 11.5 Å². The van der Waals surface area contributed by atoms with Crippen molar-refractivity contribution in [1.29, 1.82) is 0 Å². The zero-order valence-electron chi connectivity index (χ0n) is 20.3. The highest BCUT2D eigenvalue weighted by atomic mass is 16.6. The first-order chi connectivity index (χ1) is 16.7. The van der Waals surface area contributed by atoms with E-state index in [9.17, 15) is 10.1 Å². The van der Waals surface area contributed by atoms with E-state index in [1.54, 1.807) is 12.1 Å². The van der Waals surface area contributed by atoms with Gasteiger partial charge >= 0.3 is 0 Å². The SMILES string of the molecule is CCN(CCN)c1ccc(N)cc1.COc1cc(N)c(OC)cc1N.Nc1ccc([N+](=O)[O-])cc1. The number of nitro groups is 1. The second-order valence-electron chi connectivity index (χ2n) is 7.14. The van der Waals surface area contributed by atoms with Crippen molar-refractivity contribution in [1.82, 2.24) is 0 Å². The lowest BCUT2D eigenvalue weighted by molar-refractivity contribution is -0.384. The third-order valence-electron chi connectivity index (χ3n) is 4.72. The quantitative estimate of drug-likeness (QED) is 0.188. The first-order valence-corrected chi connectivity index (χ1v) is 10.7. The van der Waals surface area contributed by atoms with Gasteiger partial charge in [-0.05, 0) is 43.3 Å². The van der Waals surface area contributed by atoms with Crippen molar-refractivity contribution in [2.45, 2.75) is 6.92 Å². The molecule has 0 atom stereocenters. The van der Waals surface area contributed by atoms with E-state index in [2.05, 4.69) is 11.8 Å². The van der Waals surface area contributed by atoms with Gasteiger partial charge in [0.1, 0.15) is 11.5 Å².